The van der Waals surface area contributed by atoms with Crippen LogP contribution in [0.5, 0.6) is 0 Å². The summed E-state index contributed by atoms with van der Waals surface area (Å²) in [5.74, 6) is -0.103. The Kier molecular flexibility index (Phi) is 5.05. The summed E-state index contributed by atoms with van der Waals surface area (Å²) in [4.78, 5) is 36.0. The molecule has 1 fully saturated rings. The van der Waals surface area contributed by atoms with Crippen LogP contribution in [0.3, 0.4) is 0 Å². The number of hydrazine groups is 1. The summed E-state index contributed by atoms with van der Waals surface area (Å²) in [5, 5.41) is 3.17. The maximum atomic E-state index is 12.0. The average molecular weight is 327 g/mol. The number of rotatable bonds is 2. The molecule has 0 aliphatic carbocycles. The SMILES string of the molecule is COC(=O)NNC(=O)N[C@@H]1CC(=O)N(c2ccc(Cl)cc2)C1. The first-order valence-electron chi connectivity index (χ1n) is 6.46. The van der Waals surface area contributed by atoms with Gasteiger partial charge in [-0.3, -0.25) is 4.79 Å². The topological polar surface area (TPSA) is 99.8 Å². The third kappa shape index (κ3) is 4.01. The molecule has 118 valence electrons. The highest BCUT2D eigenvalue weighted by molar-refractivity contribution is 6.30. The Morgan fingerprint density at radius 1 is 1.27 bits per heavy atom. The lowest BCUT2D eigenvalue weighted by molar-refractivity contribution is -0.117. The van der Waals surface area contributed by atoms with Gasteiger partial charge in [-0.2, -0.15) is 0 Å². The fraction of sp³-hybridized carbons (Fsp3) is 0.308. The Labute approximate surface area is 131 Å². The van der Waals surface area contributed by atoms with Crippen molar-refractivity contribution in [1.82, 2.24) is 16.2 Å². The Bertz CT molecular complexity index is 578. The molecule has 2 rings (SSSR count). The summed E-state index contributed by atoms with van der Waals surface area (Å²) in [6.45, 7) is 0.339. The number of nitrogens with one attached hydrogen (secondary N) is 3. The molecule has 0 unspecified atom stereocenters. The Balaban J connectivity index is 1.88. The van der Waals surface area contributed by atoms with Crippen molar-refractivity contribution in [1.29, 1.82) is 0 Å². The van der Waals surface area contributed by atoms with Gasteiger partial charge in [0.2, 0.25) is 5.91 Å². The van der Waals surface area contributed by atoms with E-state index in [0.29, 0.717) is 17.3 Å². The molecule has 0 bridgehead atoms. The van der Waals surface area contributed by atoms with Crippen molar-refractivity contribution < 1.29 is 19.1 Å². The van der Waals surface area contributed by atoms with Crippen molar-refractivity contribution in [2.75, 3.05) is 18.6 Å². The zero-order valence-corrected chi connectivity index (χ0v) is 12.5. The maximum absolute atomic E-state index is 12.0. The number of methoxy groups -OCH3 is 1. The molecule has 9 heteroatoms. The van der Waals surface area contributed by atoms with E-state index in [1.54, 1.807) is 29.2 Å². The van der Waals surface area contributed by atoms with Gasteiger partial charge in [0, 0.05) is 23.7 Å². The van der Waals surface area contributed by atoms with Gasteiger partial charge < -0.3 is 15.0 Å². The van der Waals surface area contributed by atoms with Gasteiger partial charge >= 0.3 is 12.1 Å². The highest BCUT2D eigenvalue weighted by Gasteiger charge is 2.31. The molecule has 0 spiro atoms. The quantitative estimate of drug-likeness (QED) is 0.706. The highest BCUT2D eigenvalue weighted by Crippen LogP contribution is 2.23. The third-order valence-electron chi connectivity index (χ3n) is 3.06. The number of amides is 4. The fourth-order valence-corrected chi connectivity index (χ4v) is 2.18. The van der Waals surface area contributed by atoms with Crippen LogP contribution in [0.25, 0.3) is 0 Å². The van der Waals surface area contributed by atoms with Gasteiger partial charge in [0.1, 0.15) is 0 Å². The van der Waals surface area contributed by atoms with E-state index in [2.05, 4.69) is 15.5 Å². The van der Waals surface area contributed by atoms with Gasteiger partial charge in [0.15, 0.2) is 0 Å². The minimum Gasteiger partial charge on any atom is -0.452 e. The third-order valence-corrected chi connectivity index (χ3v) is 3.31. The molecule has 1 aliphatic heterocycles. The predicted molar refractivity (Wildman–Crippen MR) is 79.4 cm³/mol. The van der Waals surface area contributed by atoms with Crippen LogP contribution in [0.4, 0.5) is 15.3 Å². The molecule has 1 atom stereocenters. The van der Waals surface area contributed by atoms with E-state index in [1.165, 1.54) is 7.11 Å². The lowest BCUT2D eigenvalue weighted by atomic mass is 10.2. The molecule has 0 radical (unpaired) electrons. The zero-order valence-electron chi connectivity index (χ0n) is 11.8. The molecular formula is C13H15ClN4O4. The number of nitrogens with zero attached hydrogens (tertiary/aromatic N) is 1. The fourth-order valence-electron chi connectivity index (χ4n) is 2.06. The maximum Gasteiger partial charge on any atom is 0.425 e. The number of ether oxygens (including phenoxy) is 1. The van der Waals surface area contributed by atoms with Crippen molar-refractivity contribution in [3.63, 3.8) is 0 Å². The molecule has 1 aliphatic rings. The van der Waals surface area contributed by atoms with Crippen LogP contribution in [0.2, 0.25) is 5.02 Å². The lowest BCUT2D eigenvalue weighted by Gasteiger charge is -2.17. The van der Waals surface area contributed by atoms with Gasteiger partial charge in [-0.15, -0.1) is 0 Å². The summed E-state index contributed by atoms with van der Waals surface area (Å²) < 4.78 is 4.31. The largest absolute Gasteiger partial charge is 0.452 e. The van der Waals surface area contributed by atoms with Crippen molar-refractivity contribution in [2.45, 2.75) is 12.5 Å². The van der Waals surface area contributed by atoms with Crippen LogP contribution >= 0.6 is 11.6 Å². The van der Waals surface area contributed by atoms with E-state index >= 15 is 0 Å². The van der Waals surface area contributed by atoms with E-state index in [-0.39, 0.29) is 18.4 Å². The minimum atomic E-state index is -0.791. The molecule has 4 amide bonds. The normalized spacial score (nSPS) is 17.1. The van der Waals surface area contributed by atoms with Crippen LogP contribution < -0.4 is 21.1 Å². The van der Waals surface area contributed by atoms with Crippen LogP contribution in [0, 0.1) is 0 Å². The van der Waals surface area contributed by atoms with E-state index in [4.69, 9.17) is 11.6 Å². The second kappa shape index (κ2) is 6.99. The highest BCUT2D eigenvalue weighted by atomic mass is 35.5. The van der Waals surface area contributed by atoms with Gasteiger partial charge in [-0.1, -0.05) is 11.6 Å². The van der Waals surface area contributed by atoms with Crippen molar-refractivity contribution >= 4 is 35.3 Å². The predicted octanol–water partition coefficient (Wildman–Crippen LogP) is 1.02. The molecule has 0 aromatic heterocycles. The first-order valence-corrected chi connectivity index (χ1v) is 6.84. The summed E-state index contributed by atoms with van der Waals surface area (Å²) in [6.07, 6.45) is -0.616. The number of hydrogen-bond acceptors (Lipinski definition) is 4. The van der Waals surface area contributed by atoms with Crippen LogP contribution in [0.1, 0.15) is 6.42 Å². The minimum absolute atomic E-state index is 0.103. The lowest BCUT2D eigenvalue weighted by Crippen LogP contribution is -2.50. The van der Waals surface area contributed by atoms with Crippen LogP contribution in [0.15, 0.2) is 24.3 Å². The van der Waals surface area contributed by atoms with Gasteiger partial charge in [-0.25, -0.2) is 20.4 Å². The molecule has 1 aromatic rings. The van der Waals surface area contributed by atoms with Crippen LogP contribution in [-0.2, 0) is 9.53 Å². The number of halogens is 1. The molecule has 3 N–H and O–H groups in total. The van der Waals surface area contributed by atoms with Gasteiger partial charge in [-0.05, 0) is 24.3 Å². The summed E-state index contributed by atoms with van der Waals surface area (Å²) in [5.41, 5.74) is 4.86. The number of benzene rings is 1. The van der Waals surface area contributed by atoms with Crippen molar-refractivity contribution in [3.05, 3.63) is 29.3 Å². The number of urea groups is 1. The van der Waals surface area contributed by atoms with Gasteiger partial charge in [0.05, 0.1) is 13.2 Å². The van der Waals surface area contributed by atoms with Crippen molar-refractivity contribution in [3.8, 4) is 0 Å². The zero-order chi connectivity index (χ0) is 16.1. The second-order valence-electron chi connectivity index (χ2n) is 4.60. The van der Waals surface area contributed by atoms with Crippen molar-refractivity contribution in [2.24, 2.45) is 0 Å². The van der Waals surface area contributed by atoms with E-state index < -0.39 is 12.1 Å². The second-order valence-corrected chi connectivity index (χ2v) is 5.03. The molecule has 8 nitrogen and oxygen atoms in total. The van der Waals surface area contributed by atoms with Crippen LogP contribution in [-0.4, -0.2) is 37.7 Å². The average Bonchev–Trinajstić information content (AvgIpc) is 2.86. The number of anilines is 1. The Hall–Kier alpha value is -2.48. The summed E-state index contributed by atoms with van der Waals surface area (Å²) in [7, 11) is 1.18. The molecule has 22 heavy (non-hydrogen) atoms. The van der Waals surface area contributed by atoms with E-state index in [1.807, 2.05) is 5.43 Å². The Morgan fingerprint density at radius 2 is 1.95 bits per heavy atom. The smallest absolute Gasteiger partial charge is 0.425 e. The first kappa shape index (κ1) is 15.9. The van der Waals surface area contributed by atoms with E-state index in [0.717, 1.165) is 0 Å². The summed E-state index contributed by atoms with van der Waals surface area (Å²) in [6, 6.07) is 5.88. The number of carbonyl (C=O) groups is 3. The number of carbonyl (C=O) groups excluding carboxylic acids is 3. The molecule has 0 saturated carbocycles. The molecule has 1 heterocycles. The van der Waals surface area contributed by atoms with E-state index in [9.17, 15) is 14.4 Å². The number of hydrogen-bond donors (Lipinski definition) is 3. The molecule has 1 saturated heterocycles. The van der Waals surface area contributed by atoms with Gasteiger partial charge in [0.25, 0.3) is 0 Å². The standard InChI is InChI=1S/C13H15ClN4O4/c1-22-13(21)17-16-12(20)15-9-6-11(19)18(7-9)10-4-2-8(14)3-5-10/h2-5,9H,6-7H2,1H3,(H,17,21)(H2,15,16,20)/t9-/m1/s1. The summed E-state index contributed by atoms with van der Waals surface area (Å²) >= 11 is 5.81. The molecular weight excluding hydrogens is 312 g/mol. The first-order chi connectivity index (χ1) is 10.5. The molecule has 1 aromatic carbocycles. The monoisotopic (exact) mass is 326 g/mol. The Morgan fingerprint density at radius 3 is 2.59 bits per heavy atom.